The average Bonchev–Trinajstić information content (AvgIpc) is 2.95. The number of nitrogens with one attached hydrogen (secondary N) is 2. The van der Waals surface area contributed by atoms with E-state index in [-0.39, 0.29) is 0 Å². The summed E-state index contributed by atoms with van der Waals surface area (Å²) in [5, 5.41) is 10.5. The molecule has 2 heterocycles. The van der Waals surface area contributed by atoms with Crippen LogP contribution in [0.2, 0.25) is 0 Å². The summed E-state index contributed by atoms with van der Waals surface area (Å²) in [5.41, 5.74) is 5.17. The number of hydrogen-bond donors (Lipinski definition) is 2. The number of nitrogens with zero attached hydrogens (tertiary/aromatic N) is 2. The van der Waals surface area contributed by atoms with Crippen molar-refractivity contribution in [3.8, 4) is 0 Å². The molecule has 0 radical (unpaired) electrons. The van der Waals surface area contributed by atoms with Gasteiger partial charge in [0, 0.05) is 30.9 Å². The van der Waals surface area contributed by atoms with Crippen LogP contribution in [0.25, 0.3) is 0 Å². The summed E-state index contributed by atoms with van der Waals surface area (Å²) in [6, 6.07) is 8.98. The van der Waals surface area contributed by atoms with E-state index in [2.05, 4.69) is 58.5 Å². The molecule has 0 bridgehead atoms. The largest absolute Gasteiger partial charge is 0.308 e. The molecule has 2 N–H and O–H groups in total. The van der Waals surface area contributed by atoms with Gasteiger partial charge in [-0.2, -0.15) is 5.10 Å². The first-order valence-corrected chi connectivity index (χ1v) is 8.70. The van der Waals surface area contributed by atoms with Crippen LogP contribution < -0.4 is 5.32 Å². The van der Waals surface area contributed by atoms with E-state index in [4.69, 9.17) is 0 Å². The number of aromatic amines is 1. The number of aryl methyl sites for hydroxylation is 1. The number of benzene rings is 1. The Hall–Kier alpha value is -1.65. The number of piperidine rings is 1. The van der Waals surface area contributed by atoms with E-state index < -0.39 is 0 Å². The lowest BCUT2D eigenvalue weighted by molar-refractivity contribution is 0.185. The molecule has 0 saturated carbocycles. The summed E-state index contributed by atoms with van der Waals surface area (Å²) in [6.45, 7) is 9.75. The molecule has 1 aromatic carbocycles. The summed E-state index contributed by atoms with van der Waals surface area (Å²) in [6.07, 6.45) is 4.58. The van der Waals surface area contributed by atoms with Crippen LogP contribution in [0.15, 0.2) is 30.5 Å². The van der Waals surface area contributed by atoms with Gasteiger partial charge < -0.3 is 5.32 Å². The van der Waals surface area contributed by atoms with Crippen molar-refractivity contribution in [1.29, 1.82) is 0 Å². The fourth-order valence-electron chi connectivity index (χ4n) is 3.21. The molecular formula is C19H28N4. The Morgan fingerprint density at radius 2 is 2.00 bits per heavy atom. The van der Waals surface area contributed by atoms with E-state index >= 15 is 0 Å². The van der Waals surface area contributed by atoms with Crippen LogP contribution in [-0.4, -0.2) is 28.2 Å². The van der Waals surface area contributed by atoms with Gasteiger partial charge in [-0.3, -0.25) is 10.00 Å². The standard InChI is InChI=1S/C19H28N4/c1-15-6-8-23(9-7-15)14-18-5-3-4-17(10-18)11-20-12-19-13-21-22-16(19)2/h3-5,10,13,15,20H,6-9,11-12,14H2,1-2H3,(H,21,22). The first kappa shape index (κ1) is 16.2. The zero-order chi connectivity index (χ0) is 16.1. The Labute approximate surface area is 139 Å². The lowest BCUT2D eigenvalue weighted by Crippen LogP contribution is -2.32. The van der Waals surface area contributed by atoms with Gasteiger partial charge >= 0.3 is 0 Å². The highest BCUT2D eigenvalue weighted by atomic mass is 15.1. The molecule has 3 rings (SSSR count). The molecule has 2 aromatic rings. The molecule has 1 aliphatic heterocycles. The molecule has 1 aromatic heterocycles. The van der Waals surface area contributed by atoms with Gasteiger partial charge in [0.05, 0.1) is 6.20 Å². The maximum Gasteiger partial charge on any atom is 0.0535 e. The summed E-state index contributed by atoms with van der Waals surface area (Å²) in [5.74, 6) is 0.896. The van der Waals surface area contributed by atoms with Crippen molar-refractivity contribution < 1.29 is 0 Å². The fraction of sp³-hybridized carbons (Fsp3) is 0.526. The van der Waals surface area contributed by atoms with E-state index in [1.807, 2.05) is 6.20 Å². The minimum Gasteiger partial charge on any atom is -0.308 e. The van der Waals surface area contributed by atoms with Crippen LogP contribution in [0.5, 0.6) is 0 Å². The van der Waals surface area contributed by atoms with Crippen LogP contribution in [0.1, 0.15) is 42.1 Å². The van der Waals surface area contributed by atoms with Crippen LogP contribution in [0, 0.1) is 12.8 Å². The van der Waals surface area contributed by atoms with Crippen molar-refractivity contribution in [3.63, 3.8) is 0 Å². The van der Waals surface area contributed by atoms with Gasteiger partial charge in [0.25, 0.3) is 0 Å². The van der Waals surface area contributed by atoms with Crippen LogP contribution >= 0.6 is 0 Å². The zero-order valence-corrected chi connectivity index (χ0v) is 14.3. The lowest BCUT2D eigenvalue weighted by atomic mass is 9.98. The minimum absolute atomic E-state index is 0.858. The van der Waals surface area contributed by atoms with E-state index in [9.17, 15) is 0 Å². The van der Waals surface area contributed by atoms with Gasteiger partial charge in [-0.1, -0.05) is 31.2 Å². The zero-order valence-electron chi connectivity index (χ0n) is 14.3. The van der Waals surface area contributed by atoms with E-state index in [1.54, 1.807) is 0 Å². The second-order valence-electron chi connectivity index (χ2n) is 6.90. The predicted octanol–water partition coefficient (Wildman–Crippen LogP) is 3.24. The first-order chi connectivity index (χ1) is 11.2. The minimum atomic E-state index is 0.858. The highest BCUT2D eigenvalue weighted by molar-refractivity contribution is 5.23. The van der Waals surface area contributed by atoms with E-state index in [1.165, 1.54) is 42.6 Å². The molecule has 0 atom stereocenters. The molecule has 0 amide bonds. The molecule has 4 heteroatoms. The number of rotatable bonds is 6. The highest BCUT2D eigenvalue weighted by Crippen LogP contribution is 2.18. The SMILES string of the molecule is Cc1[nH]ncc1CNCc1cccc(CN2CCC(C)CC2)c1. The highest BCUT2D eigenvalue weighted by Gasteiger charge is 2.15. The monoisotopic (exact) mass is 312 g/mol. The van der Waals surface area contributed by atoms with E-state index in [0.717, 1.165) is 31.2 Å². The number of hydrogen-bond acceptors (Lipinski definition) is 3. The Morgan fingerprint density at radius 1 is 1.22 bits per heavy atom. The maximum atomic E-state index is 4.06. The quantitative estimate of drug-likeness (QED) is 0.860. The molecule has 0 aliphatic carbocycles. The van der Waals surface area contributed by atoms with E-state index in [0.29, 0.717) is 0 Å². The predicted molar refractivity (Wildman–Crippen MR) is 94.0 cm³/mol. The second kappa shape index (κ2) is 7.75. The van der Waals surface area contributed by atoms with Crippen molar-refractivity contribution in [2.24, 2.45) is 5.92 Å². The smallest absolute Gasteiger partial charge is 0.0535 e. The number of aromatic nitrogens is 2. The molecule has 0 spiro atoms. The Bertz CT molecular complexity index is 611. The number of H-pyrrole nitrogens is 1. The summed E-state index contributed by atoms with van der Waals surface area (Å²) in [4.78, 5) is 2.58. The third-order valence-electron chi connectivity index (χ3n) is 4.85. The molecule has 0 unspecified atom stereocenters. The number of likely N-dealkylation sites (tertiary alicyclic amines) is 1. The van der Waals surface area contributed by atoms with Gasteiger partial charge in [-0.05, 0) is 49.9 Å². The van der Waals surface area contributed by atoms with Crippen molar-refractivity contribution in [1.82, 2.24) is 20.4 Å². The third kappa shape index (κ3) is 4.66. The summed E-state index contributed by atoms with van der Waals surface area (Å²) >= 11 is 0. The van der Waals surface area contributed by atoms with Crippen molar-refractivity contribution >= 4 is 0 Å². The Kier molecular flexibility index (Phi) is 5.47. The molecule has 124 valence electrons. The maximum absolute atomic E-state index is 4.06. The van der Waals surface area contributed by atoms with Crippen LogP contribution in [0.4, 0.5) is 0 Å². The normalized spacial score (nSPS) is 16.8. The Morgan fingerprint density at radius 3 is 2.74 bits per heavy atom. The van der Waals surface area contributed by atoms with Gasteiger partial charge in [-0.25, -0.2) is 0 Å². The second-order valence-corrected chi connectivity index (χ2v) is 6.90. The molecule has 1 aliphatic rings. The van der Waals surface area contributed by atoms with Crippen molar-refractivity contribution in [2.75, 3.05) is 13.1 Å². The van der Waals surface area contributed by atoms with Crippen molar-refractivity contribution in [3.05, 3.63) is 52.8 Å². The third-order valence-corrected chi connectivity index (χ3v) is 4.85. The van der Waals surface area contributed by atoms with Crippen molar-refractivity contribution in [2.45, 2.75) is 46.3 Å². The molecule has 23 heavy (non-hydrogen) atoms. The topological polar surface area (TPSA) is 44.0 Å². The molecule has 4 nitrogen and oxygen atoms in total. The van der Waals surface area contributed by atoms with Gasteiger partial charge in [-0.15, -0.1) is 0 Å². The summed E-state index contributed by atoms with van der Waals surface area (Å²) < 4.78 is 0. The van der Waals surface area contributed by atoms with Gasteiger partial charge in [0.1, 0.15) is 0 Å². The van der Waals surface area contributed by atoms with Crippen LogP contribution in [-0.2, 0) is 19.6 Å². The van der Waals surface area contributed by atoms with Gasteiger partial charge in [0.2, 0.25) is 0 Å². The molecule has 1 saturated heterocycles. The molecule has 1 fully saturated rings. The first-order valence-electron chi connectivity index (χ1n) is 8.70. The average molecular weight is 312 g/mol. The Balaban J connectivity index is 1.50. The van der Waals surface area contributed by atoms with Gasteiger partial charge in [0.15, 0.2) is 0 Å². The summed E-state index contributed by atoms with van der Waals surface area (Å²) in [7, 11) is 0. The molecular weight excluding hydrogens is 284 g/mol. The fourth-order valence-corrected chi connectivity index (χ4v) is 3.21. The van der Waals surface area contributed by atoms with Crippen LogP contribution in [0.3, 0.4) is 0 Å². The lowest BCUT2D eigenvalue weighted by Gasteiger charge is -2.30.